The Bertz CT molecular complexity index is 2190. The fourth-order valence-electron chi connectivity index (χ4n) is 7.56. The molecule has 3 N–H and O–H groups in total. The number of nitrogens with one attached hydrogen (secondary N) is 1. The van der Waals surface area contributed by atoms with Gasteiger partial charge in [0, 0.05) is 56.7 Å². The smallest absolute Gasteiger partial charge is 0.232 e. The van der Waals surface area contributed by atoms with Crippen LogP contribution in [0.5, 0.6) is 28.7 Å². The molecule has 0 heterocycles. The number of benzene rings is 5. The summed E-state index contributed by atoms with van der Waals surface area (Å²) < 4.78 is 17.3. The zero-order valence-corrected chi connectivity index (χ0v) is 27.1. The highest BCUT2D eigenvalue weighted by molar-refractivity contribution is 6.39. The van der Waals surface area contributed by atoms with E-state index in [0.29, 0.717) is 61.2 Å². The summed E-state index contributed by atoms with van der Waals surface area (Å²) in [4.78, 5) is 42.1. The predicted octanol–water partition coefficient (Wildman–Crippen LogP) is 7.19. The lowest BCUT2D eigenvalue weighted by molar-refractivity contribution is -0.117. The molecule has 0 amide bonds. The molecule has 240 valence electrons. The molecule has 1 aliphatic carbocycles. The maximum Gasteiger partial charge on any atom is 0.232 e. The van der Waals surface area contributed by atoms with Gasteiger partial charge >= 0.3 is 0 Å². The van der Waals surface area contributed by atoms with Crippen molar-refractivity contribution in [3.63, 3.8) is 0 Å². The number of ether oxygens (including phenoxy) is 3. The minimum Gasteiger partial charge on any atom is -0.507 e. The number of fused-ring (bicyclic) bond motifs is 1. The Balaban J connectivity index is 1.87. The molecule has 0 aromatic heterocycles. The third-order valence-electron chi connectivity index (χ3n) is 9.48. The van der Waals surface area contributed by atoms with E-state index in [2.05, 4.69) is 12.2 Å². The SMILES string of the molecule is CCCCCCCCNc1c2c3c4c(c(OC)c(=O)c5c(O)cc(OC)c(c6c(OC)cc(O)c(c1=O)c63)c54)C(C(C)=O)C(C)=C2. The first-order valence-electron chi connectivity index (χ1n) is 15.8. The largest absolute Gasteiger partial charge is 0.507 e. The zero-order valence-electron chi connectivity index (χ0n) is 27.1. The molecular weight excluding hydrogens is 586 g/mol. The number of carbonyl (C=O) groups is 1. The minimum atomic E-state index is -0.882. The van der Waals surface area contributed by atoms with Gasteiger partial charge < -0.3 is 29.7 Å². The number of allylic oxidation sites excluding steroid dienone is 1. The number of methoxy groups -OCH3 is 3. The van der Waals surface area contributed by atoms with Crippen molar-refractivity contribution in [1.29, 1.82) is 0 Å². The first-order valence-corrected chi connectivity index (χ1v) is 15.8. The van der Waals surface area contributed by atoms with Crippen LogP contribution >= 0.6 is 0 Å². The standard InChI is InChI=1S/C37H39NO8/c1-7-8-9-10-11-12-13-38-34-19-14-17(2)24(18(3)39)33-31-25(19)30-26(35(34)42)20(40)15-22(44-4)28(30)29-23(45-5)16-21(41)27(32(29)31)36(43)37(33)46-6/h14-16,24,38,40-41H,7-13H2,1-6H3. The molecular formula is C37H39NO8. The highest BCUT2D eigenvalue weighted by Crippen LogP contribution is 2.55. The van der Waals surface area contributed by atoms with E-state index in [1.54, 1.807) is 6.92 Å². The van der Waals surface area contributed by atoms with Gasteiger partial charge in [0.2, 0.25) is 10.9 Å². The first-order chi connectivity index (χ1) is 22.1. The van der Waals surface area contributed by atoms with E-state index in [1.165, 1.54) is 46.8 Å². The lowest BCUT2D eigenvalue weighted by Crippen LogP contribution is -2.18. The highest BCUT2D eigenvalue weighted by Gasteiger charge is 2.37. The van der Waals surface area contributed by atoms with Gasteiger partial charge in [-0.15, -0.1) is 0 Å². The van der Waals surface area contributed by atoms with Crippen LogP contribution in [0.4, 0.5) is 5.69 Å². The van der Waals surface area contributed by atoms with Crippen LogP contribution in [0.15, 0.2) is 27.3 Å². The second-order valence-corrected chi connectivity index (χ2v) is 12.2. The van der Waals surface area contributed by atoms with E-state index in [4.69, 9.17) is 14.2 Å². The van der Waals surface area contributed by atoms with Crippen molar-refractivity contribution >= 4 is 60.6 Å². The summed E-state index contributed by atoms with van der Waals surface area (Å²) in [6.07, 6.45) is 8.28. The Morgan fingerprint density at radius 3 is 1.89 bits per heavy atom. The second-order valence-electron chi connectivity index (χ2n) is 12.2. The number of phenolic OH excluding ortho intramolecular Hbond substituents is 2. The number of ketones is 1. The van der Waals surface area contributed by atoms with Gasteiger partial charge in [-0.2, -0.15) is 0 Å². The van der Waals surface area contributed by atoms with E-state index in [0.717, 1.165) is 32.1 Å². The van der Waals surface area contributed by atoms with Crippen molar-refractivity contribution in [2.45, 2.75) is 65.2 Å². The molecule has 1 aliphatic rings. The molecule has 5 aromatic carbocycles. The topological polar surface area (TPSA) is 131 Å². The van der Waals surface area contributed by atoms with Gasteiger partial charge in [-0.1, -0.05) is 50.7 Å². The van der Waals surface area contributed by atoms with Gasteiger partial charge in [-0.25, -0.2) is 0 Å². The van der Waals surface area contributed by atoms with Gasteiger partial charge in [0.15, 0.2) is 5.75 Å². The molecule has 5 aromatic rings. The van der Waals surface area contributed by atoms with Crippen molar-refractivity contribution in [3.05, 3.63) is 49.3 Å². The van der Waals surface area contributed by atoms with Crippen LogP contribution in [0.1, 0.15) is 76.3 Å². The predicted molar refractivity (Wildman–Crippen MR) is 183 cm³/mol. The van der Waals surface area contributed by atoms with Crippen LogP contribution in [0.25, 0.3) is 49.2 Å². The molecule has 9 heteroatoms. The number of phenols is 2. The van der Waals surface area contributed by atoms with Crippen LogP contribution in [0.3, 0.4) is 0 Å². The zero-order chi connectivity index (χ0) is 33.0. The summed E-state index contributed by atoms with van der Waals surface area (Å²) >= 11 is 0. The number of rotatable bonds is 12. The number of hydrogen-bond acceptors (Lipinski definition) is 9. The van der Waals surface area contributed by atoms with Gasteiger partial charge in [0.05, 0.1) is 43.7 Å². The molecule has 0 saturated carbocycles. The third kappa shape index (κ3) is 4.39. The maximum absolute atomic E-state index is 14.5. The minimum absolute atomic E-state index is 0.000853. The molecule has 0 saturated heterocycles. The van der Waals surface area contributed by atoms with Gasteiger partial charge in [-0.05, 0) is 25.7 Å². The molecule has 1 atom stereocenters. The fourth-order valence-corrected chi connectivity index (χ4v) is 7.56. The lowest BCUT2D eigenvalue weighted by Gasteiger charge is -2.24. The fraction of sp³-hybridized carbons (Fsp3) is 0.378. The van der Waals surface area contributed by atoms with Gasteiger partial charge in [-0.3, -0.25) is 14.4 Å². The van der Waals surface area contributed by atoms with Crippen molar-refractivity contribution in [1.82, 2.24) is 0 Å². The number of unbranched alkanes of at least 4 members (excludes halogenated alkanes) is 5. The first kappa shape index (κ1) is 31.2. The van der Waals surface area contributed by atoms with Crippen molar-refractivity contribution in [3.8, 4) is 28.7 Å². The van der Waals surface area contributed by atoms with Crippen LogP contribution in [0.2, 0.25) is 0 Å². The Hall–Kier alpha value is -4.79. The van der Waals surface area contributed by atoms with Crippen LogP contribution < -0.4 is 30.4 Å². The van der Waals surface area contributed by atoms with E-state index < -0.39 is 16.8 Å². The lowest BCUT2D eigenvalue weighted by atomic mass is 9.80. The molecule has 1 unspecified atom stereocenters. The summed E-state index contributed by atoms with van der Waals surface area (Å²) in [5.74, 6) is -1.24. The Morgan fingerprint density at radius 1 is 0.761 bits per heavy atom. The molecule has 0 radical (unpaired) electrons. The number of anilines is 1. The Labute approximate surface area is 266 Å². The third-order valence-corrected chi connectivity index (χ3v) is 9.48. The number of hydrogen-bond donors (Lipinski definition) is 3. The average Bonchev–Trinajstić information content (AvgIpc) is 3.15. The molecule has 9 nitrogen and oxygen atoms in total. The van der Waals surface area contributed by atoms with Crippen LogP contribution in [0, 0.1) is 0 Å². The summed E-state index contributed by atoms with van der Waals surface area (Å²) in [6, 6.07) is 2.75. The van der Waals surface area contributed by atoms with Crippen LogP contribution in [-0.4, -0.2) is 43.9 Å². The quantitative estimate of drug-likeness (QED) is 0.0748. The van der Waals surface area contributed by atoms with E-state index in [9.17, 15) is 24.6 Å². The number of aromatic hydroxyl groups is 2. The molecule has 6 rings (SSSR count). The van der Waals surface area contributed by atoms with Crippen molar-refractivity contribution in [2.75, 3.05) is 33.2 Å². The van der Waals surface area contributed by atoms with E-state index >= 15 is 0 Å². The average molecular weight is 626 g/mol. The number of Topliss-reactive ketones (excluding diaryl/α,β-unsaturated/α-hetero) is 1. The Kier molecular flexibility index (Phi) is 8.04. The van der Waals surface area contributed by atoms with Crippen molar-refractivity contribution < 1.29 is 29.2 Å². The van der Waals surface area contributed by atoms with Gasteiger partial charge in [0.25, 0.3) is 0 Å². The monoisotopic (exact) mass is 625 g/mol. The second kappa shape index (κ2) is 11.9. The number of carbonyl (C=O) groups excluding carboxylic acids is 1. The van der Waals surface area contributed by atoms with E-state index in [1.807, 2.05) is 6.08 Å². The van der Waals surface area contributed by atoms with Crippen LogP contribution in [-0.2, 0) is 4.79 Å². The summed E-state index contributed by atoms with van der Waals surface area (Å²) in [5.41, 5.74) is 0.844. The Morgan fingerprint density at radius 2 is 1.33 bits per heavy atom. The maximum atomic E-state index is 14.5. The molecule has 0 fully saturated rings. The summed E-state index contributed by atoms with van der Waals surface area (Å²) in [6.45, 7) is 5.97. The molecule has 0 aliphatic heterocycles. The highest BCUT2D eigenvalue weighted by atomic mass is 16.5. The summed E-state index contributed by atoms with van der Waals surface area (Å²) in [7, 11) is 4.27. The summed E-state index contributed by atoms with van der Waals surface area (Å²) in [5, 5.41) is 28.9. The van der Waals surface area contributed by atoms with Gasteiger partial charge in [0.1, 0.15) is 28.8 Å². The molecule has 0 spiro atoms. The van der Waals surface area contributed by atoms with Crippen molar-refractivity contribution in [2.24, 2.45) is 0 Å². The normalized spacial score (nSPS) is 14.4. The molecule has 0 bridgehead atoms. The van der Waals surface area contributed by atoms with E-state index in [-0.39, 0.29) is 45.3 Å². The molecule has 46 heavy (non-hydrogen) atoms.